The Balaban J connectivity index is 1.79. The summed E-state index contributed by atoms with van der Waals surface area (Å²) in [6.07, 6.45) is -2.38. The summed E-state index contributed by atoms with van der Waals surface area (Å²) in [6, 6.07) is 17.7. The average molecular weight is 514 g/mol. The van der Waals surface area contributed by atoms with E-state index in [1.807, 2.05) is 12.1 Å². The van der Waals surface area contributed by atoms with Crippen LogP contribution in [0.15, 0.2) is 83.8 Å². The maximum Gasteiger partial charge on any atom is 0.365 e. The van der Waals surface area contributed by atoms with Crippen LogP contribution in [-0.2, 0) is 14.7 Å². The number of carbonyl (C=O) groups is 1. The van der Waals surface area contributed by atoms with Crippen molar-refractivity contribution in [3.63, 3.8) is 0 Å². The zero-order valence-corrected chi connectivity index (χ0v) is 19.0. The second-order valence-corrected chi connectivity index (χ2v) is 11.3. The van der Waals surface area contributed by atoms with Crippen molar-refractivity contribution < 1.29 is 40.4 Å². The fraction of sp³-hybridized carbons (Fsp3) is 0.240. The zero-order chi connectivity index (χ0) is 25.6. The van der Waals surface area contributed by atoms with Gasteiger partial charge in [0, 0.05) is 16.9 Å². The normalized spacial score (nSPS) is 25.5. The summed E-state index contributed by atoms with van der Waals surface area (Å²) in [6.45, 7) is 0. The minimum atomic E-state index is -5.69. The molecule has 0 aliphatic heterocycles. The van der Waals surface area contributed by atoms with Crippen molar-refractivity contribution in [2.24, 2.45) is 0 Å². The highest BCUT2D eigenvalue weighted by Gasteiger charge is 2.78. The third-order valence-corrected chi connectivity index (χ3v) is 8.57. The summed E-state index contributed by atoms with van der Waals surface area (Å²) in [5.74, 6) is -13.6. The number of fused-ring (bicyclic) bond motifs is 1. The Morgan fingerprint density at radius 1 is 0.971 bits per heavy atom. The van der Waals surface area contributed by atoms with Crippen LogP contribution in [0.1, 0.15) is 5.56 Å². The summed E-state index contributed by atoms with van der Waals surface area (Å²) >= 11 is 0. The van der Waals surface area contributed by atoms with E-state index in [0.717, 1.165) is 10.8 Å². The van der Waals surface area contributed by atoms with E-state index in [2.05, 4.69) is 0 Å². The predicted octanol–water partition coefficient (Wildman–Crippen LogP) is 6.88. The van der Waals surface area contributed by atoms with Gasteiger partial charge in [-0.1, -0.05) is 52.8 Å². The van der Waals surface area contributed by atoms with Gasteiger partial charge in [0.2, 0.25) is 0 Å². The molecule has 3 unspecified atom stereocenters. The van der Waals surface area contributed by atoms with Crippen LogP contribution in [0.4, 0.5) is 26.3 Å². The number of hydrogen-bond acceptors (Lipinski definition) is 3. The van der Waals surface area contributed by atoms with Crippen molar-refractivity contribution in [3.05, 3.63) is 84.4 Å². The summed E-state index contributed by atoms with van der Waals surface area (Å²) in [5, 5.41) is 11.2. The Morgan fingerprint density at radius 2 is 1.60 bits per heavy atom. The van der Waals surface area contributed by atoms with Crippen LogP contribution in [0.5, 0.6) is 5.75 Å². The Labute approximate surface area is 198 Å². The minimum Gasteiger partial charge on any atom is -0.508 e. The first-order chi connectivity index (χ1) is 16.3. The first-order valence-electron chi connectivity index (χ1n) is 10.4. The number of allylic oxidation sites excluding steroid dienone is 1. The highest BCUT2D eigenvalue weighted by molar-refractivity contribution is 8.29. The van der Waals surface area contributed by atoms with Crippen LogP contribution >= 0.6 is 10.3 Å². The van der Waals surface area contributed by atoms with Gasteiger partial charge in [-0.15, -0.1) is 0 Å². The van der Waals surface area contributed by atoms with Crippen LogP contribution in [0.25, 0.3) is 10.8 Å². The van der Waals surface area contributed by atoms with E-state index in [4.69, 9.17) is 4.18 Å². The Bertz CT molecular complexity index is 1290. The lowest BCUT2D eigenvalue weighted by atomic mass is 9.84. The third kappa shape index (κ3) is 4.03. The van der Waals surface area contributed by atoms with Crippen LogP contribution in [-0.4, -0.2) is 41.0 Å². The number of aromatic hydroxyl groups is 1. The fourth-order valence-corrected chi connectivity index (χ4v) is 6.23. The molecule has 35 heavy (non-hydrogen) atoms. The second-order valence-electron chi connectivity index (χ2n) is 8.32. The number of phenolic OH excluding ortho intramolecular Hbond substituents is 1. The molecule has 3 nitrogen and oxygen atoms in total. The maximum absolute atomic E-state index is 15.3. The fourth-order valence-electron chi connectivity index (χ4n) is 3.89. The Kier molecular flexibility index (Phi) is 6.07. The van der Waals surface area contributed by atoms with Gasteiger partial charge in [-0.25, -0.2) is 13.6 Å². The van der Waals surface area contributed by atoms with Gasteiger partial charge in [0.25, 0.3) is 5.67 Å². The number of alkyl halides is 6. The molecule has 186 valence electrons. The summed E-state index contributed by atoms with van der Waals surface area (Å²) in [5.41, 5.74) is -3.96. The quantitative estimate of drug-likeness (QED) is 0.298. The van der Waals surface area contributed by atoms with Gasteiger partial charge in [0.15, 0.2) is 6.17 Å². The first-order valence-corrected chi connectivity index (χ1v) is 12.5. The molecular weight excluding hydrogens is 494 g/mol. The minimum absolute atomic E-state index is 0.0711. The van der Waals surface area contributed by atoms with Crippen molar-refractivity contribution in [1.82, 2.24) is 0 Å². The standard InChI is InChI=1S/C25H20F6O3S/c1-35(19-11-9-18(32)10-12-19,15-17-7-4-6-16-5-2-3-8-20(16)17)34-22(33)23(27)14-13-21(26)24(28,29)25(23,30)31/h2-14,21,32H,15H2,1H3. The van der Waals surface area contributed by atoms with Crippen LogP contribution in [0.2, 0.25) is 0 Å². The molecule has 0 amide bonds. The van der Waals surface area contributed by atoms with Gasteiger partial charge in [-0.2, -0.15) is 17.6 Å². The molecule has 3 aromatic rings. The lowest BCUT2D eigenvalue weighted by Crippen LogP contribution is -2.65. The average Bonchev–Trinajstić information content (AvgIpc) is 2.81. The largest absolute Gasteiger partial charge is 0.508 e. The SMILES string of the molecule is CS(Cc1cccc2ccccc12)(OC(=O)C1(F)C=CC(F)C(F)(F)C1(F)F)c1ccc(O)cc1. The number of phenols is 1. The smallest absolute Gasteiger partial charge is 0.365 e. The van der Waals surface area contributed by atoms with Gasteiger partial charge >= 0.3 is 17.8 Å². The van der Waals surface area contributed by atoms with E-state index in [1.54, 1.807) is 30.3 Å². The van der Waals surface area contributed by atoms with Crippen molar-refractivity contribution in [1.29, 1.82) is 0 Å². The predicted molar refractivity (Wildman–Crippen MR) is 121 cm³/mol. The Hall–Kier alpha value is -3.14. The second kappa shape index (κ2) is 8.51. The van der Waals surface area contributed by atoms with E-state index in [9.17, 15) is 31.9 Å². The van der Waals surface area contributed by atoms with E-state index in [-0.39, 0.29) is 28.5 Å². The van der Waals surface area contributed by atoms with E-state index in [0.29, 0.717) is 5.56 Å². The van der Waals surface area contributed by atoms with Crippen molar-refractivity contribution >= 4 is 27.1 Å². The third-order valence-electron chi connectivity index (χ3n) is 5.92. The molecule has 0 spiro atoms. The summed E-state index contributed by atoms with van der Waals surface area (Å²) in [7, 11) is -2.97. The number of benzene rings is 3. The zero-order valence-electron chi connectivity index (χ0n) is 18.2. The van der Waals surface area contributed by atoms with Gasteiger partial charge in [-0.05, 0) is 52.8 Å². The molecule has 1 N–H and O–H groups in total. The van der Waals surface area contributed by atoms with Gasteiger partial charge in [-0.3, -0.25) is 0 Å². The molecular formula is C25H20F6O3S. The highest BCUT2D eigenvalue weighted by Crippen LogP contribution is 2.60. The lowest BCUT2D eigenvalue weighted by Gasteiger charge is -2.42. The molecule has 0 saturated carbocycles. The molecule has 0 bridgehead atoms. The molecule has 0 saturated heterocycles. The van der Waals surface area contributed by atoms with Crippen LogP contribution < -0.4 is 0 Å². The van der Waals surface area contributed by atoms with Crippen molar-refractivity contribution in [2.75, 3.05) is 6.26 Å². The van der Waals surface area contributed by atoms with Crippen LogP contribution in [0, 0.1) is 0 Å². The molecule has 1 aliphatic carbocycles. The van der Waals surface area contributed by atoms with Crippen molar-refractivity contribution in [2.45, 2.75) is 34.3 Å². The number of halogens is 6. The van der Waals surface area contributed by atoms with E-state index >= 15 is 4.39 Å². The summed E-state index contributed by atoms with van der Waals surface area (Å²) < 4.78 is 90.9. The number of carbonyl (C=O) groups excluding carboxylic acids is 1. The molecule has 0 fully saturated rings. The van der Waals surface area contributed by atoms with Gasteiger partial charge < -0.3 is 9.29 Å². The number of rotatable bonds is 5. The Morgan fingerprint density at radius 3 is 2.29 bits per heavy atom. The molecule has 4 rings (SSSR count). The summed E-state index contributed by atoms with van der Waals surface area (Å²) in [4.78, 5) is 13.1. The monoisotopic (exact) mass is 514 g/mol. The molecule has 0 radical (unpaired) electrons. The van der Waals surface area contributed by atoms with Gasteiger partial charge in [0.05, 0.1) is 0 Å². The topological polar surface area (TPSA) is 46.5 Å². The van der Waals surface area contributed by atoms with Crippen molar-refractivity contribution in [3.8, 4) is 5.75 Å². The van der Waals surface area contributed by atoms with Crippen LogP contribution in [0.3, 0.4) is 0 Å². The molecule has 0 aromatic heterocycles. The highest BCUT2D eigenvalue weighted by atomic mass is 32.3. The molecule has 10 heteroatoms. The maximum atomic E-state index is 15.3. The van der Waals surface area contributed by atoms with E-state index < -0.39 is 40.0 Å². The first kappa shape index (κ1) is 25.0. The molecule has 0 heterocycles. The molecule has 3 aromatic carbocycles. The van der Waals surface area contributed by atoms with Gasteiger partial charge in [0.1, 0.15) is 5.75 Å². The van der Waals surface area contributed by atoms with E-state index in [1.165, 1.54) is 30.5 Å². The molecule has 3 atom stereocenters. The number of hydrogen-bond donors (Lipinski definition) is 1. The lowest BCUT2D eigenvalue weighted by molar-refractivity contribution is -0.278. The molecule has 1 aliphatic rings.